The van der Waals surface area contributed by atoms with E-state index >= 15 is 0 Å². The fourth-order valence-corrected chi connectivity index (χ4v) is 2.14. The third-order valence-electron chi connectivity index (χ3n) is 3.50. The van der Waals surface area contributed by atoms with E-state index in [1.54, 1.807) is 10.7 Å². The highest BCUT2D eigenvalue weighted by Crippen LogP contribution is 2.36. The first-order valence-corrected chi connectivity index (χ1v) is 8.70. The Labute approximate surface area is 104 Å². The van der Waals surface area contributed by atoms with Crippen molar-refractivity contribution in [2.24, 2.45) is 7.05 Å². The summed E-state index contributed by atoms with van der Waals surface area (Å²) < 4.78 is 7.79. The SMILES string of the molecule is Cn1nc(C=O)cc1CO[Si](C)(C)C(C)(C)C. The third kappa shape index (κ3) is 3.26. The molecule has 0 atom stereocenters. The molecule has 0 saturated carbocycles. The third-order valence-corrected chi connectivity index (χ3v) is 7.98. The van der Waals surface area contributed by atoms with Gasteiger partial charge in [-0.25, -0.2) is 0 Å². The van der Waals surface area contributed by atoms with Crippen molar-refractivity contribution >= 4 is 14.6 Å². The van der Waals surface area contributed by atoms with Gasteiger partial charge in [-0.15, -0.1) is 0 Å². The van der Waals surface area contributed by atoms with Crippen LogP contribution in [-0.4, -0.2) is 24.4 Å². The summed E-state index contributed by atoms with van der Waals surface area (Å²) in [4.78, 5) is 10.6. The molecule has 96 valence electrons. The van der Waals surface area contributed by atoms with Crippen molar-refractivity contribution < 1.29 is 9.22 Å². The second-order valence-corrected chi connectivity index (χ2v) is 10.7. The molecule has 0 amide bonds. The molecule has 0 aliphatic rings. The lowest BCUT2D eigenvalue weighted by Crippen LogP contribution is -2.40. The Hall–Kier alpha value is -0.943. The summed E-state index contributed by atoms with van der Waals surface area (Å²) in [7, 11) is 0.0897. The van der Waals surface area contributed by atoms with Gasteiger partial charge in [0.2, 0.25) is 0 Å². The van der Waals surface area contributed by atoms with Gasteiger partial charge in [-0.3, -0.25) is 9.48 Å². The first kappa shape index (κ1) is 14.1. The predicted octanol–water partition coefficient (Wildman–Crippen LogP) is 2.75. The second-order valence-electron chi connectivity index (χ2n) is 5.85. The molecule has 1 heterocycles. The molecule has 0 bridgehead atoms. The number of rotatable bonds is 4. The maximum Gasteiger partial charge on any atom is 0.192 e. The molecule has 0 aliphatic carbocycles. The van der Waals surface area contributed by atoms with Gasteiger partial charge in [0.1, 0.15) is 5.69 Å². The highest BCUT2D eigenvalue weighted by Gasteiger charge is 2.37. The Bertz CT molecular complexity index is 405. The largest absolute Gasteiger partial charge is 0.411 e. The van der Waals surface area contributed by atoms with Gasteiger partial charge < -0.3 is 4.43 Å². The zero-order chi connectivity index (χ0) is 13.3. The van der Waals surface area contributed by atoms with Crippen LogP contribution in [0.2, 0.25) is 18.1 Å². The molecule has 0 aromatic carbocycles. The van der Waals surface area contributed by atoms with Crippen molar-refractivity contribution in [2.45, 2.75) is 45.5 Å². The zero-order valence-electron chi connectivity index (χ0n) is 11.6. The molecule has 0 radical (unpaired) electrons. The smallest absolute Gasteiger partial charge is 0.192 e. The fraction of sp³-hybridized carbons (Fsp3) is 0.667. The van der Waals surface area contributed by atoms with Crippen LogP contribution in [0.5, 0.6) is 0 Å². The molecule has 1 rings (SSSR count). The molecule has 0 spiro atoms. The van der Waals surface area contributed by atoms with Crippen LogP contribution in [-0.2, 0) is 18.1 Å². The minimum Gasteiger partial charge on any atom is -0.411 e. The molecule has 1 aromatic rings. The topological polar surface area (TPSA) is 44.1 Å². The summed E-state index contributed by atoms with van der Waals surface area (Å²) >= 11 is 0. The average molecular weight is 254 g/mol. The van der Waals surface area contributed by atoms with E-state index in [1.807, 2.05) is 7.05 Å². The normalized spacial score (nSPS) is 12.8. The Morgan fingerprint density at radius 1 is 1.47 bits per heavy atom. The standard InChI is InChI=1S/C12H22N2O2Si/c1-12(2,3)17(5,6)16-9-11-7-10(8-15)13-14(11)4/h7-8H,9H2,1-6H3. The van der Waals surface area contributed by atoms with Gasteiger partial charge >= 0.3 is 0 Å². The molecular weight excluding hydrogens is 232 g/mol. The quantitative estimate of drug-likeness (QED) is 0.613. The van der Waals surface area contributed by atoms with Crippen LogP contribution < -0.4 is 0 Å². The number of aromatic nitrogens is 2. The minimum atomic E-state index is -1.74. The number of aryl methyl sites for hydroxylation is 1. The highest BCUT2D eigenvalue weighted by molar-refractivity contribution is 6.74. The van der Waals surface area contributed by atoms with Crippen molar-refractivity contribution in [1.82, 2.24) is 9.78 Å². The molecule has 0 saturated heterocycles. The number of nitrogens with zero attached hydrogens (tertiary/aromatic N) is 2. The second kappa shape index (κ2) is 4.74. The van der Waals surface area contributed by atoms with Crippen molar-refractivity contribution in [2.75, 3.05) is 0 Å². The summed E-state index contributed by atoms with van der Waals surface area (Å²) in [5, 5.41) is 4.27. The lowest BCUT2D eigenvalue weighted by Gasteiger charge is -2.36. The van der Waals surface area contributed by atoms with Gasteiger partial charge in [-0.2, -0.15) is 5.10 Å². The van der Waals surface area contributed by atoms with E-state index < -0.39 is 8.32 Å². The first-order valence-electron chi connectivity index (χ1n) is 5.79. The summed E-state index contributed by atoms with van der Waals surface area (Å²) in [5.74, 6) is 0. The van der Waals surface area contributed by atoms with Crippen molar-refractivity contribution in [3.8, 4) is 0 Å². The molecule has 0 N–H and O–H groups in total. The first-order chi connectivity index (χ1) is 7.67. The summed E-state index contributed by atoms with van der Waals surface area (Å²) in [5.41, 5.74) is 1.40. The fourth-order valence-electron chi connectivity index (χ4n) is 1.19. The van der Waals surface area contributed by atoms with Crippen LogP contribution in [0.3, 0.4) is 0 Å². The van der Waals surface area contributed by atoms with Gasteiger partial charge in [0, 0.05) is 7.05 Å². The number of hydrogen-bond donors (Lipinski definition) is 0. The summed E-state index contributed by atoms with van der Waals surface area (Å²) in [6.07, 6.45) is 0.760. The van der Waals surface area contributed by atoms with Gasteiger partial charge in [0.05, 0.1) is 12.3 Å². The van der Waals surface area contributed by atoms with Crippen molar-refractivity contribution in [3.63, 3.8) is 0 Å². The Balaban J connectivity index is 2.73. The molecular formula is C12H22N2O2Si. The minimum absolute atomic E-state index is 0.194. The summed E-state index contributed by atoms with van der Waals surface area (Å²) in [6.45, 7) is 11.6. The number of carbonyl (C=O) groups excluding carboxylic acids is 1. The van der Waals surface area contributed by atoms with Crippen LogP contribution in [0.25, 0.3) is 0 Å². The lowest BCUT2D eigenvalue weighted by atomic mass is 10.2. The maximum absolute atomic E-state index is 10.6. The van der Waals surface area contributed by atoms with Crippen LogP contribution in [0.15, 0.2) is 6.07 Å². The number of carbonyl (C=O) groups is 1. The van der Waals surface area contributed by atoms with E-state index in [4.69, 9.17) is 4.43 Å². The Kier molecular flexibility index (Phi) is 3.94. The van der Waals surface area contributed by atoms with Gasteiger partial charge in [-0.05, 0) is 24.2 Å². The Morgan fingerprint density at radius 3 is 2.47 bits per heavy atom. The van der Waals surface area contributed by atoms with Crippen molar-refractivity contribution in [3.05, 3.63) is 17.5 Å². The van der Waals surface area contributed by atoms with E-state index in [2.05, 4.69) is 39.0 Å². The summed E-state index contributed by atoms with van der Waals surface area (Å²) in [6, 6.07) is 1.78. The monoisotopic (exact) mass is 254 g/mol. The van der Waals surface area contributed by atoms with E-state index in [1.165, 1.54) is 0 Å². The zero-order valence-corrected chi connectivity index (χ0v) is 12.6. The number of hydrogen-bond acceptors (Lipinski definition) is 3. The van der Waals surface area contributed by atoms with Crippen LogP contribution >= 0.6 is 0 Å². The lowest BCUT2D eigenvalue weighted by molar-refractivity contribution is 0.111. The van der Waals surface area contributed by atoms with Gasteiger partial charge in [0.25, 0.3) is 0 Å². The van der Waals surface area contributed by atoms with Gasteiger partial charge in [0.15, 0.2) is 14.6 Å². The van der Waals surface area contributed by atoms with E-state index in [9.17, 15) is 4.79 Å². The van der Waals surface area contributed by atoms with E-state index in [0.717, 1.165) is 12.0 Å². The molecule has 0 fully saturated rings. The van der Waals surface area contributed by atoms with E-state index in [0.29, 0.717) is 12.3 Å². The predicted molar refractivity (Wildman–Crippen MR) is 70.6 cm³/mol. The van der Waals surface area contributed by atoms with Crippen LogP contribution in [0, 0.1) is 0 Å². The van der Waals surface area contributed by atoms with E-state index in [-0.39, 0.29) is 5.04 Å². The molecule has 1 aromatic heterocycles. The molecule has 0 unspecified atom stereocenters. The van der Waals surface area contributed by atoms with Crippen LogP contribution in [0.1, 0.15) is 37.0 Å². The number of aldehydes is 1. The molecule has 4 nitrogen and oxygen atoms in total. The van der Waals surface area contributed by atoms with Gasteiger partial charge in [-0.1, -0.05) is 20.8 Å². The van der Waals surface area contributed by atoms with Crippen LogP contribution in [0.4, 0.5) is 0 Å². The molecule has 17 heavy (non-hydrogen) atoms. The maximum atomic E-state index is 10.6. The Morgan fingerprint density at radius 2 is 2.06 bits per heavy atom. The highest BCUT2D eigenvalue weighted by atomic mass is 28.4. The molecule has 0 aliphatic heterocycles. The average Bonchev–Trinajstić information content (AvgIpc) is 2.55. The molecule has 5 heteroatoms. The van der Waals surface area contributed by atoms with Crippen molar-refractivity contribution in [1.29, 1.82) is 0 Å².